The average molecular weight is 234 g/mol. The molecule has 1 N–H and O–H groups in total. The molecule has 0 atom stereocenters. The smallest absolute Gasteiger partial charge is 0.142 e. The second kappa shape index (κ2) is 6.60. The molecule has 0 unspecified atom stereocenters. The number of nitrogens with zero attached hydrogens (tertiary/aromatic N) is 1. The average Bonchev–Trinajstić information content (AvgIpc) is 2.39. The number of aromatic nitrogens is 1. The van der Waals surface area contributed by atoms with Crippen molar-refractivity contribution < 1.29 is 4.74 Å². The van der Waals surface area contributed by atoms with E-state index >= 15 is 0 Å². The van der Waals surface area contributed by atoms with Crippen LogP contribution < -0.4 is 10.1 Å². The van der Waals surface area contributed by atoms with Gasteiger partial charge in [-0.15, -0.1) is 0 Å². The Morgan fingerprint density at radius 2 is 2.18 bits per heavy atom. The molecule has 1 fully saturated rings. The van der Waals surface area contributed by atoms with E-state index < -0.39 is 0 Å². The third-order valence-electron chi connectivity index (χ3n) is 3.28. The summed E-state index contributed by atoms with van der Waals surface area (Å²) in [4.78, 5) is 4.17. The summed E-state index contributed by atoms with van der Waals surface area (Å²) in [5, 5.41) is 3.33. The summed E-state index contributed by atoms with van der Waals surface area (Å²) in [6.07, 6.45) is 10.4. The van der Waals surface area contributed by atoms with Crippen LogP contribution in [0.5, 0.6) is 5.75 Å². The first kappa shape index (κ1) is 12.4. The maximum absolute atomic E-state index is 6.08. The Bertz CT molecular complexity index is 335. The normalized spacial score (nSPS) is 17.0. The van der Waals surface area contributed by atoms with Crippen LogP contribution in [0.1, 0.15) is 44.6 Å². The van der Waals surface area contributed by atoms with Crippen molar-refractivity contribution in [3.05, 3.63) is 24.0 Å². The molecule has 2 rings (SSSR count). The maximum atomic E-state index is 6.08. The molecule has 0 spiro atoms. The van der Waals surface area contributed by atoms with Gasteiger partial charge < -0.3 is 10.1 Å². The van der Waals surface area contributed by atoms with Crippen molar-refractivity contribution in [3.8, 4) is 5.75 Å². The van der Waals surface area contributed by atoms with Gasteiger partial charge in [-0.05, 0) is 38.3 Å². The molecule has 3 heteroatoms. The van der Waals surface area contributed by atoms with Gasteiger partial charge in [0.1, 0.15) is 5.75 Å². The third-order valence-corrected chi connectivity index (χ3v) is 3.28. The van der Waals surface area contributed by atoms with Crippen LogP contribution in [-0.2, 0) is 6.54 Å². The van der Waals surface area contributed by atoms with Crippen LogP contribution in [0.4, 0.5) is 0 Å². The van der Waals surface area contributed by atoms with E-state index in [2.05, 4.69) is 17.2 Å². The van der Waals surface area contributed by atoms with Crippen molar-refractivity contribution in [2.45, 2.75) is 51.7 Å². The fourth-order valence-corrected chi connectivity index (χ4v) is 2.28. The van der Waals surface area contributed by atoms with E-state index in [9.17, 15) is 0 Å². The van der Waals surface area contributed by atoms with Crippen molar-refractivity contribution in [1.29, 1.82) is 0 Å². The Kier molecular flexibility index (Phi) is 4.80. The van der Waals surface area contributed by atoms with Gasteiger partial charge in [-0.25, -0.2) is 0 Å². The molecule has 0 radical (unpaired) electrons. The number of nitrogens with one attached hydrogen (secondary N) is 1. The summed E-state index contributed by atoms with van der Waals surface area (Å²) in [7, 11) is 0. The largest absolute Gasteiger partial charge is 0.488 e. The molecule has 1 saturated carbocycles. The van der Waals surface area contributed by atoms with Crippen LogP contribution in [0.15, 0.2) is 18.5 Å². The lowest BCUT2D eigenvalue weighted by molar-refractivity contribution is 0.153. The maximum Gasteiger partial charge on any atom is 0.142 e. The molecule has 0 bridgehead atoms. The van der Waals surface area contributed by atoms with Crippen molar-refractivity contribution >= 4 is 0 Å². The molecule has 3 nitrogen and oxygen atoms in total. The summed E-state index contributed by atoms with van der Waals surface area (Å²) in [6.45, 7) is 3.95. The van der Waals surface area contributed by atoms with Gasteiger partial charge >= 0.3 is 0 Å². The van der Waals surface area contributed by atoms with Crippen molar-refractivity contribution in [2.24, 2.45) is 0 Å². The standard InChI is InChI=1S/C14H22N2O/c1-2-15-10-12-8-9-16-11-14(12)17-13-6-4-3-5-7-13/h8-9,11,13,15H,2-7,10H2,1H3. The zero-order chi connectivity index (χ0) is 11.9. The van der Waals surface area contributed by atoms with E-state index in [-0.39, 0.29) is 0 Å². The second-order valence-corrected chi connectivity index (χ2v) is 4.64. The second-order valence-electron chi connectivity index (χ2n) is 4.64. The lowest BCUT2D eigenvalue weighted by atomic mass is 9.98. The number of hydrogen-bond donors (Lipinski definition) is 1. The summed E-state index contributed by atoms with van der Waals surface area (Å²) in [5.74, 6) is 0.959. The third kappa shape index (κ3) is 3.70. The van der Waals surface area contributed by atoms with Gasteiger partial charge in [0, 0.05) is 18.3 Å². The van der Waals surface area contributed by atoms with Gasteiger partial charge in [0.25, 0.3) is 0 Å². The molecule has 0 amide bonds. The first-order chi connectivity index (χ1) is 8.40. The van der Waals surface area contributed by atoms with E-state index in [0.717, 1.165) is 18.8 Å². The van der Waals surface area contributed by atoms with Gasteiger partial charge in [0.05, 0.1) is 12.3 Å². The molecule has 0 saturated heterocycles. The highest BCUT2D eigenvalue weighted by Crippen LogP contribution is 2.25. The summed E-state index contributed by atoms with van der Waals surface area (Å²) >= 11 is 0. The van der Waals surface area contributed by atoms with Gasteiger partial charge in [0.15, 0.2) is 0 Å². The quantitative estimate of drug-likeness (QED) is 0.850. The van der Waals surface area contributed by atoms with Crippen LogP contribution in [0, 0.1) is 0 Å². The van der Waals surface area contributed by atoms with Gasteiger partial charge in [-0.3, -0.25) is 4.98 Å². The van der Waals surface area contributed by atoms with Crippen molar-refractivity contribution in [3.63, 3.8) is 0 Å². The highest BCUT2D eigenvalue weighted by atomic mass is 16.5. The Morgan fingerprint density at radius 1 is 1.35 bits per heavy atom. The monoisotopic (exact) mass is 234 g/mol. The molecule has 1 heterocycles. The van der Waals surface area contributed by atoms with Gasteiger partial charge in [0.2, 0.25) is 0 Å². The molecule has 1 aromatic heterocycles. The van der Waals surface area contributed by atoms with Crippen molar-refractivity contribution in [1.82, 2.24) is 10.3 Å². The number of pyridine rings is 1. The summed E-state index contributed by atoms with van der Waals surface area (Å²) in [5.41, 5.74) is 1.22. The molecular weight excluding hydrogens is 212 g/mol. The molecule has 1 aliphatic rings. The Balaban J connectivity index is 1.98. The Morgan fingerprint density at radius 3 is 2.94 bits per heavy atom. The molecule has 1 aliphatic carbocycles. The van der Waals surface area contributed by atoms with E-state index in [1.807, 2.05) is 18.5 Å². The fraction of sp³-hybridized carbons (Fsp3) is 0.643. The molecular formula is C14H22N2O. The lowest BCUT2D eigenvalue weighted by Gasteiger charge is -2.24. The summed E-state index contributed by atoms with van der Waals surface area (Å²) < 4.78 is 6.08. The first-order valence-corrected chi connectivity index (χ1v) is 6.70. The van der Waals surface area contributed by atoms with E-state index in [0.29, 0.717) is 6.10 Å². The summed E-state index contributed by atoms with van der Waals surface area (Å²) in [6, 6.07) is 2.04. The number of ether oxygens (including phenoxy) is 1. The minimum atomic E-state index is 0.397. The van der Waals surface area contributed by atoms with Gasteiger partial charge in [-0.2, -0.15) is 0 Å². The Labute approximate surface area is 104 Å². The lowest BCUT2D eigenvalue weighted by Crippen LogP contribution is -2.21. The molecule has 1 aromatic rings. The zero-order valence-electron chi connectivity index (χ0n) is 10.6. The van der Waals surface area contributed by atoms with Crippen LogP contribution in [0.2, 0.25) is 0 Å². The van der Waals surface area contributed by atoms with Crippen LogP contribution in [-0.4, -0.2) is 17.6 Å². The zero-order valence-corrected chi connectivity index (χ0v) is 10.6. The highest BCUT2D eigenvalue weighted by molar-refractivity contribution is 5.29. The fourth-order valence-electron chi connectivity index (χ4n) is 2.28. The predicted molar refractivity (Wildman–Crippen MR) is 69.1 cm³/mol. The van der Waals surface area contributed by atoms with Crippen molar-refractivity contribution in [2.75, 3.05) is 6.54 Å². The molecule has 17 heavy (non-hydrogen) atoms. The predicted octanol–water partition coefficient (Wildman–Crippen LogP) is 2.90. The SMILES string of the molecule is CCNCc1ccncc1OC1CCCCC1. The first-order valence-electron chi connectivity index (χ1n) is 6.70. The van der Waals surface area contributed by atoms with E-state index in [1.165, 1.54) is 37.7 Å². The van der Waals surface area contributed by atoms with Gasteiger partial charge in [-0.1, -0.05) is 13.3 Å². The molecule has 0 aromatic carbocycles. The van der Waals surface area contributed by atoms with Crippen LogP contribution >= 0.6 is 0 Å². The van der Waals surface area contributed by atoms with Crippen LogP contribution in [0.25, 0.3) is 0 Å². The Hall–Kier alpha value is -1.09. The number of rotatable bonds is 5. The highest BCUT2D eigenvalue weighted by Gasteiger charge is 2.16. The topological polar surface area (TPSA) is 34.2 Å². The molecule has 0 aliphatic heterocycles. The van der Waals surface area contributed by atoms with Crippen LogP contribution in [0.3, 0.4) is 0 Å². The van der Waals surface area contributed by atoms with E-state index in [4.69, 9.17) is 4.74 Å². The van der Waals surface area contributed by atoms with E-state index in [1.54, 1.807) is 0 Å². The molecule has 94 valence electrons. The minimum Gasteiger partial charge on any atom is -0.488 e. The number of hydrogen-bond acceptors (Lipinski definition) is 3. The minimum absolute atomic E-state index is 0.397.